The van der Waals surface area contributed by atoms with Gasteiger partial charge in [-0.15, -0.1) is 0 Å². The Labute approximate surface area is 112 Å². The van der Waals surface area contributed by atoms with Crippen molar-refractivity contribution in [2.24, 2.45) is 0 Å². The summed E-state index contributed by atoms with van der Waals surface area (Å²) in [4.78, 5) is 22.3. The molecule has 6 nitrogen and oxygen atoms in total. The minimum Gasteiger partial charge on any atom is -0.312 e. The Hall–Kier alpha value is -1.21. The van der Waals surface area contributed by atoms with Crippen LogP contribution in [0.25, 0.3) is 0 Å². The summed E-state index contributed by atoms with van der Waals surface area (Å²) in [6.45, 7) is 2.66. The van der Waals surface area contributed by atoms with Crippen LogP contribution >= 0.6 is 15.9 Å². The summed E-state index contributed by atoms with van der Waals surface area (Å²) >= 11 is 3.12. The third-order valence-electron chi connectivity index (χ3n) is 3.00. The molecule has 1 heterocycles. The summed E-state index contributed by atoms with van der Waals surface area (Å²) in [6.07, 6.45) is 3.66. The number of aromatic nitrogens is 1. The first-order valence-corrected chi connectivity index (χ1v) is 6.57. The Morgan fingerprint density at radius 3 is 2.83 bits per heavy atom. The average molecular weight is 316 g/mol. The van der Waals surface area contributed by atoms with Crippen LogP contribution in [0.15, 0.2) is 15.5 Å². The lowest BCUT2D eigenvalue weighted by Gasteiger charge is -2.09. The van der Waals surface area contributed by atoms with Crippen LogP contribution in [0, 0.1) is 17.0 Å². The van der Waals surface area contributed by atoms with Crippen molar-refractivity contribution >= 4 is 21.6 Å². The van der Waals surface area contributed by atoms with Gasteiger partial charge in [0.05, 0.1) is 15.6 Å². The van der Waals surface area contributed by atoms with Gasteiger partial charge in [-0.1, -0.05) is 0 Å². The molecular formula is C11H14BrN3O3. The van der Waals surface area contributed by atoms with Crippen molar-refractivity contribution in [1.29, 1.82) is 0 Å². The first kappa shape index (κ1) is 13.2. The normalized spacial score (nSPS) is 14.8. The lowest BCUT2D eigenvalue weighted by atomic mass is 10.2. The van der Waals surface area contributed by atoms with Crippen molar-refractivity contribution in [2.45, 2.75) is 32.4 Å². The summed E-state index contributed by atoms with van der Waals surface area (Å²) in [5.41, 5.74) is 0.111. The minimum atomic E-state index is -0.468. The Morgan fingerprint density at radius 1 is 1.61 bits per heavy atom. The highest BCUT2D eigenvalue weighted by molar-refractivity contribution is 9.10. The fourth-order valence-electron chi connectivity index (χ4n) is 1.73. The molecule has 0 aromatic carbocycles. The SMILES string of the molecule is Cc1c([N+](=O)[O-])cn(CCNC2CC2)c(=O)c1Br. The first-order chi connectivity index (χ1) is 8.50. The van der Waals surface area contributed by atoms with Gasteiger partial charge in [0, 0.05) is 24.7 Å². The molecule has 18 heavy (non-hydrogen) atoms. The summed E-state index contributed by atoms with van der Waals surface area (Å²) in [5.74, 6) is 0. The van der Waals surface area contributed by atoms with Crippen molar-refractivity contribution in [3.63, 3.8) is 0 Å². The van der Waals surface area contributed by atoms with Gasteiger partial charge in [-0.2, -0.15) is 0 Å². The van der Waals surface area contributed by atoms with E-state index in [1.54, 1.807) is 6.92 Å². The Kier molecular flexibility index (Phi) is 3.82. The number of hydrogen-bond donors (Lipinski definition) is 1. The van der Waals surface area contributed by atoms with E-state index in [0.29, 0.717) is 24.7 Å². The smallest absolute Gasteiger partial charge is 0.289 e. The highest BCUT2D eigenvalue weighted by Gasteiger charge is 2.21. The van der Waals surface area contributed by atoms with Gasteiger partial charge in [0.2, 0.25) is 0 Å². The monoisotopic (exact) mass is 315 g/mol. The third kappa shape index (κ3) is 2.78. The number of halogens is 1. The predicted octanol–water partition coefficient (Wildman–Crippen LogP) is 1.58. The largest absolute Gasteiger partial charge is 0.312 e. The van der Waals surface area contributed by atoms with Crippen molar-refractivity contribution in [1.82, 2.24) is 9.88 Å². The van der Waals surface area contributed by atoms with E-state index in [0.717, 1.165) is 0 Å². The second-order valence-electron chi connectivity index (χ2n) is 4.44. The molecule has 0 radical (unpaired) electrons. The molecule has 7 heteroatoms. The molecular weight excluding hydrogens is 302 g/mol. The molecule has 1 aliphatic rings. The van der Waals surface area contributed by atoms with E-state index in [1.807, 2.05) is 0 Å². The molecule has 0 bridgehead atoms. The van der Waals surface area contributed by atoms with E-state index in [9.17, 15) is 14.9 Å². The average Bonchev–Trinajstić information content (AvgIpc) is 3.12. The summed E-state index contributed by atoms with van der Waals surface area (Å²) < 4.78 is 1.65. The summed E-state index contributed by atoms with van der Waals surface area (Å²) in [7, 11) is 0. The van der Waals surface area contributed by atoms with Gasteiger partial charge in [0.15, 0.2) is 0 Å². The van der Waals surface area contributed by atoms with E-state index < -0.39 is 4.92 Å². The lowest BCUT2D eigenvalue weighted by molar-refractivity contribution is -0.386. The summed E-state index contributed by atoms with van der Waals surface area (Å²) in [5, 5.41) is 14.2. The molecule has 0 aliphatic heterocycles. The van der Waals surface area contributed by atoms with Gasteiger partial charge >= 0.3 is 0 Å². The maximum Gasteiger partial charge on any atom is 0.289 e. The Balaban J connectivity index is 2.22. The molecule has 1 fully saturated rings. The molecule has 1 N–H and O–H groups in total. The minimum absolute atomic E-state index is 0.0344. The van der Waals surface area contributed by atoms with E-state index in [4.69, 9.17) is 0 Å². The van der Waals surface area contributed by atoms with Gasteiger partial charge in [0.1, 0.15) is 0 Å². The van der Waals surface area contributed by atoms with Crippen LogP contribution in [-0.4, -0.2) is 22.1 Å². The standard InChI is InChI=1S/C11H14BrN3O3/c1-7-9(15(17)18)6-14(11(16)10(7)12)5-4-13-8-2-3-8/h6,8,13H,2-5H2,1H3. The molecule has 1 aromatic rings. The van der Waals surface area contributed by atoms with Crippen LogP contribution in [0.2, 0.25) is 0 Å². The van der Waals surface area contributed by atoms with Crippen LogP contribution < -0.4 is 10.9 Å². The molecule has 0 saturated heterocycles. The lowest BCUT2D eigenvalue weighted by Crippen LogP contribution is -2.29. The number of rotatable bonds is 5. The van der Waals surface area contributed by atoms with E-state index >= 15 is 0 Å². The second-order valence-corrected chi connectivity index (χ2v) is 5.23. The van der Waals surface area contributed by atoms with Gasteiger partial charge in [-0.3, -0.25) is 14.9 Å². The molecule has 98 valence electrons. The topological polar surface area (TPSA) is 77.2 Å². The van der Waals surface area contributed by atoms with Crippen molar-refractivity contribution in [3.8, 4) is 0 Å². The van der Waals surface area contributed by atoms with Gasteiger partial charge in [-0.25, -0.2) is 0 Å². The maximum absolute atomic E-state index is 11.9. The quantitative estimate of drug-likeness (QED) is 0.661. The fourth-order valence-corrected chi connectivity index (χ4v) is 2.16. The Bertz CT molecular complexity index is 537. The summed E-state index contributed by atoms with van der Waals surface area (Å²) in [6, 6.07) is 0.560. The van der Waals surface area contributed by atoms with Crippen LogP contribution in [-0.2, 0) is 6.54 Å². The van der Waals surface area contributed by atoms with Crippen LogP contribution in [0.3, 0.4) is 0 Å². The van der Waals surface area contributed by atoms with E-state index in [1.165, 1.54) is 23.6 Å². The number of nitrogens with one attached hydrogen (secondary N) is 1. The zero-order valence-electron chi connectivity index (χ0n) is 9.98. The highest BCUT2D eigenvalue weighted by Crippen LogP contribution is 2.22. The van der Waals surface area contributed by atoms with Crippen LogP contribution in [0.1, 0.15) is 18.4 Å². The molecule has 1 aromatic heterocycles. The molecule has 2 rings (SSSR count). The number of nitrogens with zero attached hydrogens (tertiary/aromatic N) is 2. The van der Waals surface area contributed by atoms with E-state index in [-0.39, 0.29) is 15.7 Å². The zero-order valence-corrected chi connectivity index (χ0v) is 11.6. The van der Waals surface area contributed by atoms with Gasteiger partial charge < -0.3 is 9.88 Å². The van der Waals surface area contributed by atoms with Crippen molar-refractivity contribution in [3.05, 3.63) is 36.7 Å². The number of pyridine rings is 1. The first-order valence-electron chi connectivity index (χ1n) is 5.78. The molecule has 0 spiro atoms. The fraction of sp³-hybridized carbons (Fsp3) is 0.545. The zero-order chi connectivity index (χ0) is 13.3. The van der Waals surface area contributed by atoms with Crippen LogP contribution in [0.4, 0.5) is 5.69 Å². The molecule has 1 saturated carbocycles. The maximum atomic E-state index is 11.9. The number of nitro groups is 1. The predicted molar refractivity (Wildman–Crippen MR) is 70.8 cm³/mol. The molecule has 0 unspecified atom stereocenters. The van der Waals surface area contributed by atoms with Crippen LogP contribution in [0.5, 0.6) is 0 Å². The molecule has 1 aliphatic carbocycles. The van der Waals surface area contributed by atoms with Crippen molar-refractivity contribution in [2.75, 3.05) is 6.54 Å². The third-order valence-corrected chi connectivity index (χ3v) is 3.93. The highest BCUT2D eigenvalue weighted by atomic mass is 79.9. The molecule has 0 atom stereocenters. The van der Waals surface area contributed by atoms with E-state index in [2.05, 4.69) is 21.2 Å². The van der Waals surface area contributed by atoms with Crippen molar-refractivity contribution < 1.29 is 4.92 Å². The number of hydrogen-bond acceptors (Lipinski definition) is 4. The second kappa shape index (κ2) is 5.19. The Morgan fingerprint density at radius 2 is 2.28 bits per heavy atom. The van der Waals surface area contributed by atoms with Gasteiger partial charge in [0.25, 0.3) is 11.2 Å². The van der Waals surface area contributed by atoms with Gasteiger partial charge in [-0.05, 0) is 35.7 Å². The molecule has 0 amide bonds.